The molecule has 1 atom stereocenters. The third-order valence-electron chi connectivity index (χ3n) is 3.52. The fraction of sp³-hybridized carbons (Fsp3) is 0.353. The summed E-state index contributed by atoms with van der Waals surface area (Å²) in [6, 6.07) is 6.93. The van der Waals surface area contributed by atoms with E-state index in [4.69, 9.17) is 0 Å². The number of carbonyl (C=O) groups excluding carboxylic acids is 1. The van der Waals surface area contributed by atoms with Crippen LogP contribution in [-0.4, -0.2) is 22.4 Å². The molecular formula is C17H20F3N5O. The van der Waals surface area contributed by atoms with Crippen molar-refractivity contribution in [1.82, 2.24) is 15.3 Å². The number of amides is 1. The molecule has 9 heteroatoms. The van der Waals surface area contributed by atoms with E-state index in [0.717, 1.165) is 11.8 Å². The van der Waals surface area contributed by atoms with Crippen LogP contribution in [0.25, 0.3) is 0 Å². The number of hydrogen-bond donors (Lipinski definition) is 3. The molecule has 3 N–H and O–H groups in total. The molecule has 140 valence electrons. The van der Waals surface area contributed by atoms with Crippen LogP contribution in [-0.2, 0) is 11.0 Å². The molecule has 26 heavy (non-hydrogen) atoms. The van der Waals surface area contributed by atoms with Gasteiger partial charge in [-0.05, 0) is 31.5 Å². The van der Waals surface area contributed by atoms with Crippen LogP contribution in [0.2, 0.25) is 0 Å². The number of rotatable bonds is 6. The molecule has 0 aliphatic heterocycles. The molecule has 0 radical (unpaired) electrons. The highest BCUT2D eigenvalue weighted by molar-refractivity contribution is 5.73. The van der Waals surface area contributed by atoms with Crippen LogP contribution in [0.3, 0.4) is 0 Å². The number of halogens is 3. The summed E-state index contributed by atoms with van der Waals surface area (Å²) >= 11 is 0. The van der Waals surface area contributed by atoms with Crippen LogP contribution in [0.4, 0.5) is 30.6 Å². The van der Waals surface area contributed by atoms with Crippen LogP contribution in [0.1, 0.15) is 37.9 Å². The maximum absolute atomic E-state index is 13.0. The van der Waals surface area contributed by atoms with Crippen molar-refractivity contribution in [1.29, 1.82) is 0 Å². The van der Waals surface area contributed by atoms with Crippen molar-refractivity contribution in [2.45, 2.75) is 33.0 Å². The minimum Gasteiger partial charge on any atom is -0.370 e. The normalized spacial score (nSPS) is 12.4. The van der Waals surface area contributed by atoms with Gasteiger partial charge in [0.1, 0.15) is 11.4 Å². The van der Waals surface area contributed by atoms with Gasteiger partial charge in [-0.1, -0.05) is 12.1 Å². The first kappa shape index (κ1) is 19.5. The largest absolute Gasteiger partial charge is 0.421 e. The lowest BCUT2D eigenvalue weighted by atomic mass is 10.1. The number of alkyl halides is 3. The van der Waals surface area contributed by atoms with Gasteiger partial charge in [-0.2, -0.15) is 18.2 Å². The Balaban J connectivity index is 2.17. The van der Waals surface area contributed by atoms with E-state index in [2.05, 4.69) is 25.9 Å². The molecule has 0 saturated heterocycles. The highest BCUT2D eigenvalue weighted by Gasteiger charge is 2.35. The number of benzene rings is 1. The van der Waals surface area contributed by atoms with Gasteiger partial charge in [0.15, 0.2) is 0 Å². The number of nitrogens with one attached hydrogen (secondary N) is 3. The lowest BCUT2D eigenvalue weighted by molar-refractivity contribution is -0.137. The Bertz CT molecular complexity index is 762. The number of aromatic nitrogens is 2. The molecule has 1 aromatic carbocycles. The van der Waals surface area contributed by atoms with Gasteiger partial charge in [-0.25, -0.2) is 4.98 Å². The van der Waals surface area contributed by atoms with Crippen molar-refractivity contribution in [2.24, 2.45) is 0 Å². The van der Waals surface area contributed by atoms with Crippen LogP contribution >= 0.6 is 0 Å². The molecule has 0 spiro atoms. The summed E-state index contributed by atoms with van der Waals surface area (Å²) in [6.45, 7) is 5.28. The number of anilines is 3. The Hall–Kier alpha value is -2.84. The molecule has 1 aromatic heterocycles. The number of nitrogens with zero attached hydrogens (tertiary/aromatic N) is 2. The Morgan fingerprint density at radius 1 is 1.23 bits per heavy atom. The molecule has 0 fully saturated rings. The zero-order valence-electron chi connectivity index (χ0n) is 14.6. The predicted molar refractivity (Wildman–Crippen MR) is 93.2 cm³/mol. The van der Waals surface area contributed by atoms with Crippen molar-refractivity contribution in [2.75, 3.05) is 17.2 Å². The van der Waals surface area contributed by atoms with E-state index < -0.39 is 11.7 Å². The monoisotopic (exact) mass is 367 g/mol. The Kier molecular flexibility index (Phi) is 6.01. The number of hydrogen-bond acceptors (Lipinski definition) is 5. The van der Waals surface area contributed by atoms with Crippen molar-refractivity contribution < 1.29 is 18.0 Å². The fourth-order valence-corrected chi connectivity index (χ4v) is 2.32. The first-order chi connectivity index (χ1) is 12.2. The maximum atomic E-state index is 13.0. The summed E-state index contributed by atoms with van der Waals surface area (Å²) in [5, 5.41) is 8.24. The van der Waals surface area contributed by atoms with Gasteiger partial charge in [-0.3, -0.25) is 4.79 Å². The molecule has 1 heterocycles. The number of carbonyl (C=O) groups is 1. The summed E-state index contributed by atoms with van der Waals surface area (Å²) in [5.74, 6) is -0.348. The van der Waals surface area contributed by atoms with Crippen LogP contribution in [0.15, 0.2) is 30.5 Å². The Labute approximate surface area is 149 Å². The van der Waals surface area contributed by atoms with Crippen molar-refractivity contribution in [3.05, 3.63) is 41.6 Å². The fourth-order valence-electron chi connectivity index (χ4n) is 2.32. The average molecular weight is 367 g/mol. The highest BCUT2D eigenvalue weighted by Crippen LogP contribution is 2.34. The molecule has 6 nitrogen and oxygen atoms in total. The van der Waals surface area contributed by atoms with E-state index in [9.17, 15) is 18.0 Å². The lowest BCUT2D eigenvalue weighted by Crippen LogP contribution is -2.23. The van der Waals surface area contributed by atoms with Gasteiger partial charge < -0.3 is 16.0 Å². The van der Waals surface area contributed by atoms with Gasteiger partial charge in [0.25, 0.3) is 0 Å². The molecule has 2 aromatic rings. The second-order valence-electron chi connectivity index (χ2n) is 5.65. The summed E-state index contributed by atoms with van der Waals surface area (Å²) < 4.78 is 38.9. The first-order valence-electron chi connectivity index (χ1n) is 8.03. The minimum absolute atomic E-state index is 0.0524. The molecular weight excluding hydrogens is 347 g/mol. The zero-order valence-corrected chi connectivity index (χ0v) is 14.6. The summed E-state index contributed by atoms with van der Waals surface area (Å²) in [6.07, 6.45) is -3.78. The smallest absolute Gasteiger partial charge is 0.370 e. The second-order valence-corrected chi connectivity index (χ2v) is 5.65. The van der Waals surface area contributed by atoms with E-state index in [1.807, 2.05) is 6.92 Å². The molecule has 0 aliphatic rings. The van der Waals surface area contributed by atoms with E-state index in [0.29, 0.717) is 12.2 Å². The molecule has 2 rings (SSSR count). The molecule has 0 unspecified atom stereocenters. The van der Waals surface area contributed by atoms with Crippen LogP contribution < -0.4 is 16.0 Å². The van der Waals surface area contributed by atoms with E-state index >= 15 is 0 Å². The molecule has 0 bridgehead atoms. The lowest BCUT2D eigenvalue weighted by Gasteiger charge is -2.15. The van der Waals surface area contributed by atoms with Gasteiger partial charge >= 0.3 is 6.18 Å². The predicted octanol–water partition coefficient (Wildman–Crippen LogP) is 3.87. The average Bonchev–Trinajstić information content (AvgIpc) is 2.54. The first-order valence-corrected chi connectivity index (χ1v) is 8.03. The minimum atomic E-state index is -4.53. The summed E-state index contributed by atoms with van der Waals surface area (Å²) in [5.41, 5.74) is 0.600. The van der Waals surface area contributed by atoms with Crippen LogP contribution in [0.5, 0.6) is 0 Å². The standard InChI is InChI=1S/C17H20F3N5O/c1-4-21-15-14(17(18,19)20)9-22-16(25-15)24-13-7-5-12(6-8-13)10(2)23-11(3)26/h5-10H,4H2,1-3H3,(H,23,26)(H2,21,22,24,25)/t10-/m1/s1. The molecule has 1 amide bonds. The SMILES string of the molecule is CCNc1nc(Nc2ccc([C@@H](C)NC(C)=O)cc2)ncc1C(F)(F)F. The quantitative estimate of drug-likeness (QED) is 0.722. The van der Waals surface area contributed by atoms with Gasteiger partial charge in [0.2, 0.25) is 11.9 Å². The van der Waals surface area contributed by atoms with Crippen molar-refractivity contribution in [3.63, 3.8) is 0 Å². The summed E-state index contributed by atoms with van der Waals surface area (Å²) in [4.78, 5) is 18.7. The molecule has 0 aliphatic carbocycles. The second kappa shape index (κ2) is 8.03. The zero-order chi connectivity index (χ0) is 19.3. The summed E-state index contributed by atoms with van der Waals surface area (Å²) in [7, 11) is 0. The molecule has 0 saturated carbocycles. The van der Waals surface area contributed by atoms with E-state index in [1.54, 1.807) is 31.2 Å². The Morgan fingerprint density at radius 3 is 2.42 bits per heavy atom. The maximum Gasteiger partial charge on any atom is 0.421 e. The van der Waals surface area contributed by atoms with E-state index in [-0.39, 0.29) is 23.7 Å². The highest BCUT2D eigenvalue weighted by atomic mass is 19.4. The Morgan fingerprint density at radius 2 is 1.88 bits per heavy atom. The van der Waals surface area contributed by atoms with Gasteiger partial charge in [-0.15, -0.1) is 0 Å². The van der Waals surface area contributed by atoms with E-state index in [1.165, 1.54) is 6.92 Å². The van der Waals surface area contributed by atoms with Gasteiger partial charge in [0, 0.05) is 25.4 Å². The van der Waals surface area contributed by atoms with Crippen molar-refractivity contribution in [3.8, 4) is 0 Å². The van der Waals surface area contributed by atoms with Crippen molar-refractivity contribution >= 4 is 23.4 Å². The third kappa shape index (κ3) is 5.08. The van der Waals surface area contributed by atoms with Crippen LogP contribution in [0, 0.1) is 0 Å². The van der Waals surface area contributed by atoms with Gasteiger partial charge in [0.05, 0.1) is 6.04 Å². The topological polar surface area (TPSA) is 78.9 Å². The third-order valence-corrected chi connectivity index (χ3v) is 3.52.